The van der Waals surface area contributed by atoms with Crippen LogP contribution >= 0.6 is 11.8 Å². The summed E-state index contributed by atoms with van der Waals surface area (Å²) in [7, 11) is 0. The van der Waals surface area contributed by atoms with Crippen molar-refractivity contribution in [3.8, 4) is 0 Å². The van der Waals surface area contributed by atoms with Crippen molar-refractivity contribution in [2.45, 2.75) is 12.5 Å². The van der Waals surface area contributed by atoms with E-state index in [1.807, 2.05) is 30.3 Å². The summed E-state index contributed by atoms with van der Waals surface area (Å²) in [4.78, 5) is 16.7. The lowest BCUT2D eigenvalue weighted by molar-refractivity contribution is -0.0113. The van der Waals surface area contributed by atoms with Crippen LogP contribution in [0.1, 0.15) is 17.3 Å². The molecule has 0 aromatic heterocycles. The number of carbonyl (C=O) groups excluding carboxylic acids is 1. The van der Waals surface area contributed by atoms with E-state index in [1.54, 1.807) is 11.8 Å². The van der Waals surface area contributed by atoms with Gasteiger partial charge in [0, 0.05) is 23.6 Å². The quantitative estimate of drug-likeness (QED) is 0.792. The number of morpholine rings is 1. The highest BCUT2D eigenvalue weighted by atomic mass is 32.2. The van der Waals surface area contributed by atoms with Crippen molar-refractivity contribution in [3.05, 3.63) is 59.0 Å². The number of hydrogen-bond donors (Lipinski definition) is 0. The maximum atomic E-state index is 13.1. The third-order valence-electron chi connectivity index (χ3n) is 4.79. The average Bonchev–Trinajstić information content (AvgIpc) is 2.62. The number of Topliss-reactive ketones (excluding diaryl/α,β-unsaturated/α-hetero) is 1. The Morgan fingerprint density at radius 2 is 1.96 bits per heavy atom. The summed E-state index contributed by atoms with van der Waals surface area (Å²) >= 11 is 1.73. The molecule has 4 heteroatoms. The molecule has 1 aromatic rings. The highest BCUT2D eigenvalue weighted by Crippen LogP contribution is 2.37. The number of ether oxygens (including phenoxy) is 1. The predicted molar refractivity (Wildman–Crippen MR) is 95.8 cm³/mol. The van der Waals surface area contributed by atoms with Crippen LogP contribution in [0.3, 0.4) is 0 Å². The second-order valence-corrected chi connectivity index (χ2v) is 7.02. The zero-order chi connectivity index (χ0) is 16.3. The van der Waals surface area contributed by atoms with Crippen LogP contribution in [0.25, 0.3) is 0 Å². The lowest BCUT2D eigenvalue weighted by atomic mass is 9.76. The molecule has 1 aliphatic heterocycles. The molecule has 3 rings (SSSR count). The number of nitrogens with zero attached hydrogens (tertiary/aromatic N) is 1. The van der Waals surface area contributed by atoms with E-state index in [1.165, 1.54) is 4.91 Å². The predicted octanol–water partition coefficient (Wildman–Crippen LogP) is 3.39. The first-order valence-electron chi connectivity index (χ1n) is 8.02. The summed E-state index contributed by atoms with van der Waals surface area (Å²) in [5.41, 5.74) is 0.478. The molecule has 1 aromatic carbocycles. The Morgan fingerprint density at radius 3 is 2.61 bits per heavy atom. The van der Waals surface area contributed by atoms with Gasteiger partial charge < -0.3 is 4.74 Å². The van der Waals surface area contributed by atoms with Crippen molar-refractivity contribution >= 4 is 17.5 Å². The molecular weight excluding hydrogens is 306 g/mol. The van der Waals surface area contributed by atoms with Crippen molar-refractivity contribution in [2.24, 2.45) is 5.92 Å². The largest absolute Gasteiger partial charge is 0.379 e. The molecule has 1 saturated heterocycles. The maximum Gasteiger partial charge on any atom is 0.171 e. The van der Waals surface area contributed by atoms with E-state index in [0.717, 1.165) is 31.9 Å². The molecule has 23 heavy (non-hydrogen) atoms. The van der Waals surface area contributed by atoms with E-state index in [4.69, 9.17) is 4.74 Å². The maximum absolute atomic E-state index is 13.1. The third-order valence-corrected chi connectivity index (χ3v) is 5.51. The molecule has 0 radical (unpaired) electrons. The monoisotopic (exact) mass is 329 g/mol. The Balaban J connectivity index is 1.95. The molecule has 0 spiro atoms. The van der Waals surface area contributed by atoms with Crippen LogP contribution in [0.4, 0.5) is 0 Å². The highest BCUT2D eigenvalue weighted by Gasteiger charge is 2.43. The minimum Gasteiger partial charge on any atom is -0.379 e. The minimum atomic E-state index is -0.302. The molecule has 2 atom stereocenters. The fourth-order valence-corrected chi connectivity index (χ4v) is 3.98. The van der Waals surface area contributed by atoms with E-state index >= 15 is 0 Å². The highest BCUT2D eigenvalue weighted by molar-refractivity contribution is 8.02. The molecule has 0 bridgehead atoms. The van der Waals surface area contributed by atoms with Crippen molar-refractivity contribution in [3.63, 3.8) is 0 Å². The van der Waals surface area contributed by atoms with Crippen LogP contribution in [0, 0.1) is 5.92 Å². The molecule has 2 unspecified atom stereocenters. The Labute approximate surface area is 142 Å². The topological polar surface area (TPSA) is 29.5 Å². The first-order chi connectivity index (χ1) is 11.1. The summed E-state index contributed by atoms with van der Waals surface area (Å²) < 4.78 is 5.50. The van der Waals surface area contributed by atoms with Gasteiger partial charge in [-0.25, -0.2) is 0 Å². The summed E-state index contributed by atoms with van der Waals surface area (Å²) in [5.74, 6) is 0.0196. The van der Waals surface area contributed by atoms with E-state index in [2.05, 4.69) is 36.3 Å². The number of allylic oxidation sites excluding steroid dienone is 1. The smallest absolute Gasteiger partial charge is 0.171 e. The van der Waals surface area contributed by atoms with Gasteiger partial charge in [0.1, 0.15) is 0 Å². The molecule has 0 amide bonds. The number of carbonyl (C=O) groups is 1. The van der Waals surface area contributed by atoms with Gasteiger partial charge in [0.2, 0.25) is 0 Å². The van der Waals surface area contributed by atoms with Gasteiger partial charge in [-0.1, -0.05) is 42.5 Å². The van der Waals surface area contributed by atoms with Crippen LogP contribution in [-0.4, -0.2) is 48.8 Å². The van der Waals surface area contributed by atoms with Gasteiger partial charge in [0.15, 0.2) is 5.78 Å². The summed E-state index contributed by atoms with van der Waals surface area (Å²) in [6.45, 7) is 5.37. The zero-order valence-corrected chi connectivity index (χ0v) is 14.5. The molecule has 122 valence electrons. The molecule has 2 aliphatic rings. The van der Waals surface area contributed by atoms with Crippen LogP contribution in [0.2, 0.25) is 0 Å². The number of thioether (sulfide) groups is 1. The number of ketones is 1. The van der Waals surface area contributed by atoms with E-state index in [0.29, 0.717) is 0 Å². The van der Waals surface area contributed by atoms with Gasteiger partial charge in [0.25, 0.3) is 0 Å². The molecule has 3 nitrogen and oxygen atoms in total. The van der Waals surface area contributed by atoms with E-state index in [9.17, 15) is 4.79 Å². The van der Waals surface area contributed by atoms with Gasteiger partial charge >= 0.3 is 0 Å². The first-order valence-corrected chi connectivity index (χ1v) is 9.25. The van der Waals surface area contributed by atoms with Crippen molar-refractivity contribution in [2.75, 3.05) is 32.6 Å². The second kappa shape index (κ2) is 7.04. The number of hydrogen-bond acceptors (Lipinski definition) is 4. The lowest BCUT2D eigenvalue weighted by Gasteiger charge is -2.46. The Morgan fingerprint density at radius 1 is 1.26 bits per heavy atom. The Bertz CT molecular complexity index is 620. The average molecular weight is 329 g/mol. The molecule has 0 saturated carbocycles. The van der Waals surface area contributed by atoms with Crippen LogP contribution < -0.4 is 0 Å². The van der Waals surface area contributed by atoms with Gasteiger partial charge in [-0.15, -0.1) is 11.8 Å². The van der Waals surface area contributed by atoms with Crippen molar-refractivity contribution in [1.82, 2.24) is 4.90 Å². The number of benzene rings is 1. The molecule has 0 N–H and O–H groups in total. The van der Waals surface area contributed by atoms with Gasteiger partial charge in [0.05, 0.1) is 24.7 Å². The number of rotatable bonds is 4. The van der Waals surface area contributed by atoms with E-state index < -0.39 is 0 Å². The fourth-order valence-electron chi connectivity index (χ4n) is 3.41. The van der Waals surface area contributed by atoms with Crippen molar-refractivity contribution < 1.29 is 9.53 Å². The van der Waals surface area contributed by atoms with Gasteiger partial charge in [-0.05, 0) is 19.3 Å². The molecular formula is C19H23NO2S. The van der Waals surface area contributed by atoms with Crippen LogP contribution in [-0.2, 0) is 4.74 Å². The fraction of sp³-hybridized carbons (Fsp3) is 0.421. The minimum absolute atomic E-state index is 0.168. The molecule has 1 aliphatic carbocycles. The van der Waals surface area contributed by atoms with E-state index in [-0.39, 0.29) is 17.2 Å². The molecule has 1 heterocycles. The zero-order valence-electron chi connectivity index (χ0n) is 13.7. The second-order valence-electron chi connectivity index (χ2n) is 6.14. The third kappa shape index (κ3) is 3.30. The molecule has 1 fully saturated rings. The van der Waals surface area contributed by atoms with Gasteiger partial charge in [-0.3, -0.25) is 9.69 Å². The first kappa shape index (κ1) is 16.5. The SMILES string of the molecule is CSC1=CC(C)(N2CCOCC2)C(C(=O)c2ccccc2)C=C1. The Kier molecular flexibility index (Phi) is 5.05. The summed E-state index contributed by atoms with van der Waals surface area (Å²) in [6.07, 6.45) is 8.50. The summed E-state index contributed by atoms with van der Waals surface area (Å²) in [6, 6.07) is 9.61. The lowest BCUT2D eigenvalue weighted by Crippen LogP contribution is -2.56. The van der Waals surface area contributed by atoms with Crippen molar-refractivity contribution in [1.29, 1.82) is 0 Å². The van der Waals surface area contributed by atoms with Crippen LogP contribution in [0.5, 0.6) is 0 Å². The van der Waals surface area contributed by atoms with Gasteiger partial charge in [-0.2, -0.15) is 0 Å². The van der Waals surface area contributed by atoms with Crippen LogP contribution in [0.15, 0.2) is 53.5 Å². The standard InChI is InChI=1S/C19H23NO2S/c1-19(20-10-12-22-13-11-20)14-16(23-2)8-9-17(19)18(21)15-6-4-3-5-7-15/h3-9,14,17H,10-13H2,1-2H3. The normalized spacial score (nSPS) is 28.4. The summed E-state index contributed by atoms with van der Waals surface area (Å²) in [5, 5.41) is 0. The Hall–Kier alpha value is -1.36.